The number of carbonyl (C=O) groups is 2. The molecule has 1 aliphatic heterocycles. The molecule has 1 fully saturated rings. The highest BCUT2D eigenvalue weighted by Gasteiger charge is 2.45. The van der Waals surface area contributed by atoms with Gasteiger partial charge in [-0.15, -0.1) is 0 Å². The Kier molecular flexibility index (Phi) is 8.11. The van der Waals surface area contributed by atoms with Crippen molar-refractivity contribution >= 4 is 17.4 Å². The van der Waals surface area contributed by atoms with Gasteiger partial charge >= 0.3 is 0 Å². The lowest BCUT2D eigenvalue weighted by atomic mass is 9.95. The highest BCUT2D eigenvalue weighted by Crippen LogP contribution is 2.39. The Labute approximate surface area is 194 Å². The second-order valence-corrected chi connectivity index (χ2v) is 8.06. The number of hydrogen-bond acceptors (Lipinski definition) is 6. The molecule has 1 amide bonds. The molecule has 0 spiro atoms. The predicted molar refractivity (Wildman–Crippen MR) is 125 cm³/mol. The normalized spacial score (nSPS) is 17.6. The van der Waals surface area contributed by atoms with Crippen molar-refractivity contribution in [3.63, 3.8) is 0 Å². The van der Waals surface area contributed by atoms with Gasteiger partial charge in [0.15, 0.2) is 0 Å². The van der Waals surface area contributed by atoms with Gasteiger partial charge in [0.05, 0.1) is 38.0 Å². The van der Waals surface area contributed by atoms with Gasteiger partial charge in [-0.3, -0.25) is 9.59 Å². The van der Waals surface area contributed by atoms with Crippen molar-refractivity contribution in [1.29, 1.82) is 0 Å². The Morgan fingerprint density at radius 1 is 1.00 bits per heavy atom. The summed E-state index contributed by atoms with van der Waals surface area (Å²) in [6, 6.07) is 13.2. The summed E-state index contributed by atoms with van der Waals surface area (Å²) in [5.41, 5.74) is 1.19. The molecule has 7 heteroatoms. The van der Waals surface area contributed by atoms with Crippen LogP contribution in [0.3, 0.4) is 0 Å². The van der Waals surface area contributed by atoms with Crippen LogP contribution in [0.5, 0.6) is 11.5 Å². The molecule has 2 aromatic carbocycles. The second kappa shape index (κ2) is 11.0. The fraction of sp³-hybridized carbons (Fsp3) is 0.385. The van der Waals surface area contributed by atoms with E-state index in [1.165, 1.54) is 4.90 Å². The number of aliphatic hydroxyl groups excluding tert-OH is 1. The van der Waals surface area contributed by atoms with Crippen LogP contribution in [0.25, 0.3) is 5.76 Å². The molecule has 1 unspecified atom stereocenters. The van der Waals surface area contributed by atoms with E-state index < -0.39 is 17.7 Å². The minimum atomic E-state index is -0.734. The molecular weight excluding hydrogens is 422 g/mol. The maximum atomic E-state index is 13.0. The molecule has 3 rings (SSSR count). The zero-order valence-electron chi connectivity index (χ0n) is 19.5. The van der Waals surface area contributed by atoms with Gasteiger partial charge in [0.2, 0.25) is 0 Å². The number of Topliss-reactive ketones (excluding diaryl/α,β-unsaturated/α-hetero) is 1. The number of ether oxygens (including phenoxy) is 3. The summed E-state index contributed by atoms with van der Waals surface area (Å²) in [6.45, 7) is 6.92. The molecule has 0 aliphatic carbocycles. The standard InChI is InChI=1S/C26H31NO6/c1-5-15-33-21-12-8-19(9-13-21)24(28)22-23(18-6-10-20(31-4)11-7-18)27(26(30)25(22)29)14-16-32-17(2)3/h6-13,17,23,28H,5,14-16H2,1-4H3/b24-22-. The van der Waals surface area contributed by atoms with E-state index in [0.717, 1.165) is 6.42 Å². The van der Waals surface area contributed by atoms with Crippen LogP contribution in [-0.2, 0) is 14.3 Å². The first-order valence-corrected chi connectivity index (χ1v) is 11.1. The van der Waals surface area contributed by atoms with E-state index in [-0.39, 0.29) is 30.6 Å². The van der Waals surface area contributed by atoms with Crippen molar-refractivity contribution in [1.82, 2.24) is 4.90 Å². The average molecular weight is 454 g/mol. The Morgan fingerprint density at radius 3 is 2.21 bits per heavy atom. The van der Waals surface area contributed by atoms with Crippen molar-refractivity contribution < 1.29 is 28.9 Å². The maximum Gasteiger partial charge on any atom is 0.295 e. The van der Waals surface area contributed by atoms with Gasteiger partial charge in [0.1, 0.15) is 17.3 Å². The van der Waals surface area contributed by atoms with Gasteiger partial charge in [-0.2, -0.15) is 0 Å². The van der Waals surface area contributed by atoms with Crippen LogP contribution in [0.4, 0.5) is 0 Å². The summed E-state index contributed by atoms with van der Waals surface area (Å²) in [6.07, 6.45) is 0.878. The lowest BCUT2D eigenvalue weighted by Crippen LogP contribution is -2.33. The van der Waals surface area contributed by atoms with E-state index in [0.29, 0.717) is 29.2 Å². The summed E-state index contributed by atoms with van der Waals surface area (Å²) in [7, 11) is 1.57. The minimum Gasteiger partial charge on any atom is -0.507 e. The van der Waals surface area contributed by atoms with E-state index in [2.05, 4.69) is 0 Å². The smallest absolute Gasteiger partial charge is 0.295 e. The number of aliphatic hydroxyl groups is 1. The SMILES string of the molecule is CCCOc1ccc(/C(O)=C2/C(=O)C(=O)N(CCOC(C)C)C2c2ccc(OC)cc2)cc1. The number of hydrogen-bond donors (Lipinski definition) is 1. The van der Waals surface area contributed by atoms with Crippen molar-refractivity contribution in [3.05, 3.63) is 65.2 Å². The Bertz CT molecular complexity index is 994. The van der Waals surface area contributed by atoms with Crippen LogP contribution >= 0.6 is 0 Å². The Balaban J connectivity index is 2.01. The number of ketones is 1. The summed E-state index contributed by atoms with van der Waals surface area (Å²) >= 11 is 0. The van der Waals surface area contributed by atoms with Crippen molar-refractivity contribution in [3.8, 4) is 11.5 Å². The van der Waals surface area contributed by atoms with Crippen LogP contribution in [0.15, 0.2) is 54.1 Å². The van der Waals surface area contributed by atoms with Crippen LogP contribution in [0.1, 0.15) is 44.4 Å². The number of carbonyl (C=O) groups excluding carboxylic acids is 2. The monoisotopic (exact) mass is 453 g/mol. The molecule has 1 atom stereocenters. The number of rotatable bonds is 10. The van der Waals surface area contributed by atoms with Gasteiger partial charge in [0.25, 0.3) is 11.7 Å². The Morgan fingerprint density at radius 2 is 1.64 bits per heavy atom. The Hall–Kier alpha value is -3.32. The molecule has 1 heterocycles. The van der Waals surface area contributed by atoms with Crippen LogP contribution in [0.2, 0.25) is 0 Å². The number of nitrogens with zero attached hydrogens (tertiary/aromatic N) is 1. The molecule has 0 aromatic heterocycles. The van der Waals surface area contributed by atoms with Crippen LogP contribution in [0, 0.1) is 0 Å². The quantitative estimate of drug-likeness (QED) is 0.327. The molecule has 7 nitrogen and oxygen atoms in total. The highest BCUT2D eigenvalue weighted by molar-refractivity contribution is 6.46. The number of likely N-dealkylation sites (tertiary alicyclic amines) is 1. The third-order valence-electron chi connectivity index (χ3n) is 5.36. The third kappa shape index (κ3) is 5.54. The van der Waals surface area contributed by atoms with Crippen molar-refractivity contribution in [2.24, 2.45) is 0 Å². The first-order chi connectivity index (χ1) is 15.9. The van der Waals surface area contributed by atoms with E-state index >= 15 is 0 Å². The van der Waals surface area contributed by atoms with Crippen LogP contribution < -0.4 is 9.47 Å². The van der Waals surface area contributed by atoms with E-state index in [1.807, 2.05) is 20.8 Å². The largest absolute Gasteiger partial charge is 0.507 e. The zero-order valence-corrected chi connectivity index (χ0v) is 19.5. The molecule has 0 radical (unpaired) electrons. The lowest BCUT2D eigenvalue weighted by Gasteiger charge is -2.25. The van der Waals surface area contributed by atoms with E-state index in [4.69, 9.17) is 14.2 Å². The average Bonchev–Trinajstić information content (AvgIpc) is 3.07. The molecule has 176 valence electrons. The van der Waals surface area contributed by atoms with Gasteiger partial charge in [-0.25, -0.2) is 0 Å². The summed E-state index contributed by atoms with van der Waals surface area (Å²) in [5, 5.41) is 11.1. The summed E-state index contributed by atoms with van der Waals surface area (Å²) < 4.78 is 16.4. The highest BCUT2D eigenvalue weighted by atomic mass is 16.5. The summed E-state index contributed by atoms with van der Waals surface area (Å²) in [5.74, 6) is -0.270. The molecule has 2 aromatic rings. The zero-order chi connectivity index (χ0) is 24.0. The van der Waals surface area contributed by atoms with Gasteiger partial charge in [-0.05, 0) is 62.2 Å². The third-order valence-corrected chi connectivity index (χ3v) is 5.36. The minimum absolute atomic E-state index is 0.00491. The number of amides is 1. The fourth-order valence-corrected chi connectivity index (χ4v) is 3.71. The summed E-state index contributed by atoms with van der Waals surface area (Å²) in [4.78, 5) is 27.4. The molecule has 33 heavy (non-hydrogen) atoms. The predicted octanol–water partition coefficient (Wildman–Crippen LogP) is 4.33. The van der Waals surface area contributed by atoms with Gasteiger partial charge in [0, 0.05) is 12.1 Å². The topological polar surface area (TPSA) is 85.3 Å². The maximum absolute atomic E-state index is 13.0. The van der Waals surface area contributed by atoms with Crippen LogP contribution in [-0.4, -0.2) is 54.7 Å². The van der Waals surface area contributed by atoms with Gasteiger partial charge in [-0.1, -0.05) is 19.1 Å². The molecular formula is C26H31NO6. The fourth-order valence-electron chi connectivity index (χ4n) is 3.71. The molecule has 0 bridgehead atoms. The van der Waals surface area contributed by atoms with E-state index in [9.17, 15) is 14.7 Å². The first kappa shape index (κ1) is 24.3. The van der Waals surface area contributed by atoms with Crippen molar-refractivity contribution in [2.45, 2.75) is 39.3 Å². The van der Waals surface area contributed by atoms with Crippen molar-refractivity contribution in [2.75, 3.05) is 26.9 Å². The number of methoxy groups -OCH3 is 1. The number of benzene rings is 2. The molecule has 1 N–H and O–H groups in total. The molecule has 1 aliphatic rings. The van der Waals surface area contributed by atoms with E-state index in [1.54, 1.807) is 55.6 Å². The second-order valence-electron chi connectivity index (χ2n) is 8.06. The molecule has 0 saturated carbocycles. The first-order valence-electron chi connectivity index (χ1n) is 11.1. The van der Waals surface area contributed by atoms with Gasteiger partial charge < -0.3 is 24.2 Å². The lowest BCUT2D eigenvalue weighted by molar-refractivity contribution is -0.140. The molecule has 1 saturated heterocycles.